The first-order valence-electron chi connectivity index (χ1n) is 4.49. The Morgan fingerprint density at radius 3 is 1.85 bits per heavy atom. The van der Waals surface area contributed by atoms with E-state index < -0.39 is 7.14 Å². The highest BCUT2D eigenvalue weighted by Gasteiger charge is 2.19. The Morgan fingerprint density at radius 2 is 1.54 bits per heavy atom. The van der Waals surface area contributed by atoms with E-state index in [2.05, 4.69) is 0 Å². The minimum atomic E-state index is -2.20. The summed E-state index contributed by atoms with van der Waals surface area (Å²) in [5, 5.41) is 16.8. The van der Waals surface area contributed by atoms with Crippen molar-refractivity contribution >= 4 is 7.14 Å². The molecule has 0 fully saturated rings. The van der Waals surface area contributed by atoms with Gasteiger partial charge < -0.3 is 4.57 Å². The topological polar surface area (TPSA) is 64.7 Å². The van der Waals surface area contributed by atoms with E-state index in [0.29, 0.717) is 31.3 Å². The predicted molar refractivity (Wildman–Crippen MR) is 53.0 cm³/mol. The molecule has 0 unspecified atom stereocenters. The predicted octanol–water partition coefficient (Wildman–Crippen LogP) is 2.59. The van der Waals surface area contributed by atoms with Crippen molar-refractivity contribution < 1.29 is 4.57 Å². The molecule has 0 bridgehead atoms. The number of nitrogens with zero attached hydrogens (tertiary/aromatic N) is 2. The molecule has 3 nitrogen and oxygen atoms in total. The molecule has 0 rings (SSSR count). The summed E-state index contributed by atoms with van der Waals surface area (Å²) < 4.78 is 12.0. The van der Waals surface area contributed by atoms with Gasteiger partial charge in [0.1, 0.15) is 0 Å². The summed E-state index contributed by atoms with van der Waals surface area (Å²) in [5.41, 5.74) is 0. The molecule has 0 aromatic carbocycles. The first-order valence-corrected chi connectivity index (χ1v) is 6.76. The molecule has 0 N–H and O–H groups in total. The second kappa shape index (κ2) is 6.70. The van der Waals surface area contributed by atoms with Crippen LogP contribution >= 0.6 is 7.14 Å². The molecule has 0 spiro atoms. The fourth-order valence-corrected chi connectivity index (χ4v) is 3.75. The molecule has 4 heteroatoms. The Kier molecular flexibility index (Phi) is 6.29. The highest BCUT2D eigenvalue weighted by Crippen LogP contribution is 2.47. The maximum absolute atomic E-state index is 12.0. The molecule has 72 valence electrons. The molecule has 0 aliphatic rings. The van der Waals surface area contributed by atoms with Crippen LogP contribution in [0.25, 0.3) is 0 Å². The number of rotatable bonds is 6. The van der Waals surface area contributed by atoms with Crippen molar-refractivity contribution in [1.29, 1.82) is 10.5 Å². The van der Waals surface area contributed by atoms with E-state index >= 15 is 0 Å². The van der Waals surface area contributed by atoms with Crippen LogP contribution in [0, 0.1) is 22.7 Å². The molecule has 0 heterocycles. The Hall–Kier alpha value is -0.790. The van der Waals surface area contributed by atoms with Gasteiger partial charge in [-0.3, -0.25) is 0 Å². The van der Waals surface area contributed by atoms with Crippen LogP contribution in [0.4, 0.5) is 0 Å². The number of hydrogen-bond donors (Lipinski definition) is 0. The van der Waals surface area contributed by atoms with E-state index in [1.165, 1.54) is 0 Å². The third kappa shape index (κ3) is 5.45. The number of nitriles is 2. The minimum absolute atomic E-state index is 0.350. The van der Waals surface area contributed by atoms with E-state index in [1.807, 2.05) is 19.1 Å². The molecule has 0 radical (unpaired) electrons. The van der Waals surface area contributed by atoms with E-state index in [1.54, 1.807) is 0 Å². The van der Waals surface area contributed by atoms with Crippen molar-refractivity contribution in [2.75, 3.05) is 18.5 Å². The van der Waals surface area contributed by atoms with Crippen LogP contribution in [0.15, 0.2) is 0 Å². The van der Waals surface area contributed by atoms with Crippen molar-refractivity contribution in [2.24, 2.45) is 0 Å². The monoisotopic (exact) mass is 198 g/mol. The highest BCUT2D eigenvalue weighted by atomic mass is 31.2. The smallest absolute Gasteiger partial charge is 0.0897 e. The summed E-state index contributed by atoms with van der Waals surface area (Å²) >= 11 is 0. The summed E-state index contributed by atoms with van der Waals surface area (Å²) in [5.74, 6) is 0. The van der Waals surface area contributed by atoms with Gasteiger partial charge in [-0.2, -0.15) is 10.5 Å². The fourth-order valence-electron chi connectivity index (χ4n) is 1.25. The fraction of sp³-hybridized carbons (Fsp3) is 0.778. The van der Waals surface area contributed by atoms with Gasteiger partial charge in [-0.25, -0.2) is 0 Å². The summed E-state index contributed by atoms with van der Waals surface area (Å²) in [6.45, 7) is 1.98. The maximum atomic E-state index is 12.0. The lowest BCUT2D eigenvalue weighted by Gasteiger charge is -2.13. The first-order chi connectivity index (χ1) is 6.18. The molecule has 0 amide bonds. The Bertz CT molecular complexity index is 240. The van der Waals surface area contributed by atoms with Crippen molar-refractivity contribution in [3.63, 3.8) is 0 Å². The molecular formula is C9H15N2OP. The summed E-state index contributed by atoms with van der Waals surface area (Å²) in [7, 11) is -2.20. The largest absolute Gasteiger partial charge is 0.323 e. The Balaban J connectivity index is 4.11. The standard InChI is InChI=1S/C9H15N2OP/c1-2-7-13(12,8-3-5-10)9-4-6-11/h2-4,7-9H2,1H3. The normalized spacial score (nSPS) is 10.4. The quantitative estimate of drug-likeness (QED) is 0.616. The van der Waals surface area contributed by atoms with Gasteiger partial charge in [0.2, 0.25) is 0 Å². The van der Waals surface area contributed by atoms with Gasteiger partial charge in [0, 0.05) is 31.3 Å². The van der Waals surface area contributed by atoms with Crippen molar-refractivity contribution in [1.82, 2.24) is 0 Å². The van der Waals surface area contributed by atoms with Crippen LogP contribution in [-0.4, -0.2) is 18.5 Å². The lowest BCUT2D eigenvalue weighted by atomic mass is 10.5. The van der Waals surface area contributed by atoms with Gasteiger partial charge in [-0.15, -0.1) is 0 Å². The highest BCUT2D eigenvalue weighted by molar-refractivity contribution is 7.63. The van der Waals surface area contributed by atoms with Crippen LogP contribution in [0.5, 0.6) is 0 Å². The molecule has 0 saturated heterocycles. The second-order valence-corrected chi connectivity index (χ2v) is 6.50. The van der Waals surface area contributed by atoms with Crippen LogP contribution < -0.4 is 0 Å². The third-order valence-electron chi connectivity index (χ3n) is 1.89. The molecule has 0 atom stereocenters. The SMILES string of the molecule is CCCP(=O)(CCC#N)CCC#N. The van der Waals surface area contributed by atoms with Crippen LogP contribution in [-0.2, 0) is 4.57 Å². The second-order valence-electron chi connectivity index (χ2n) is 3.05. The van der Waals surface area contributed by atoms with Crippen LogP contribution in [0.2, 0.25) is 0 Å². The van der Waals surface area contributed by atoms with E-state index in [4.69, 9.17) is 10.5 Å². The van der Waals surface area contributed by atoms with Crippen molar-refractivity contribution in [3.8, 4) is 12.1 Å². The zero-order valence-electron chi connectivity index (χ0n) is 7.99. The zero-order chi connectivity index (χ0) is 10.2. The van der Waals surface area contributed by atoms with E-state index in [9.17, 15) is 4.57 Å². The van der Waals surface area contributed by atoms with E-state index in [-0.39, 0.29) is 0 Å². The van der Waals surface area contributed by atoms with Crippen LogP contribution in [0.3, 0.4) is 0 Å². The Labute approximate surface area is 79.7 Å². The molecule has 0 aliphatic heterocycles. The van der Waals surface area contributed by atoms with Gasteiger partial charge in [0.05, 0.1) is 19.3 Å². The van der Waals surface area contributed by atoms with Crippen molar-refractivity contribution in [2.45, 2.75) is 26.2 Å². The van der Waals surface area contributed by atoms with Gasteiger partial charge in [-0.05, 0) is 6.42 Å². The maximum Gasteiger partial charge on any atom is 0.0897 e. The molecule has 0 aromatic rings. The minimum Gasteiger partial charge on any atom is -0.323 e. The van der Waals surface area contributed by atoms with Gasteiger partial charge in [0.25, 0.3) is 0 Å². The van der Waals surface area contributed by atoms with Gasteiger partial charge >= 0.3 is 0 Å². The lowest BCUT2D eigenvalue weighted by Crippen LogP contribution is -1.99. The molecule has 0 saturated carbocycles. The van der Waals surface area contributed by atoms with Crippen molar-refractivity contribution in [3.05, 3.63) is 0 Å². The zero-order valence-corrected chi connectivity index (χ0v) is 8.89. The average molecular weight is 198 g/mol. The number of hydrogen-bond acceptors (Lipinski definition) is 3. The van der Waals surface area contributed by atoms with E-state index in [0.717, 1.165) is 6.42 Å². The first kappa shape index (κ1) is 12.2. The Morgan fingerprint density at radius 1 is 1.08 bits per heavy atom. The van der Waals surface area contributed by atoms with Gasteiger partial charge in [-0.1, -0.05) is 6.92 Å². The summed E-state index contributed by atoms with van der Waals surface area (Å²) in [6.07, 6.45) is 3.22. The summed E-state index contributed by atoms with van der Waals surface area (Å²) in [6, 6.07) is 4.01. The molecule has 0 aliphatic carbocycles. The molecule has 13 heavy (non-hydrogen) atoms. The third-order valence-corrected chi connectivity index (χ3v) is 5.23. The van der Waals surface area contributed by atoms with Crippen LogP contribution in [0.1, 0.15) is 26.2 Å². The lowest BCUT2D eigenvalue weighted by molar-refractivity contribution is 0.573. The molecule has 0 aromatic heterocycles. The molecular weight excluding hydrogens is 183 g/mol. The van der Waals surface area contributed by atoms with Gasteiger partial charge in [0.15, 0.2) is 0 Å². The summed E-state index contributed by atoms with van der Waals surface area (Å²) in [4.78, 5) is 0. The average Bonchev–Trinajstić information content (AvgIpc) is 2.12.